The summed E-state index contributed by atoms with van der Waals surface area (Å²) in [6.07, 6.45) is 1.56. The first-order chi connectivity index (χ1) is 12.4. The Hall–Kier alpha value is -2.41. The first-order valence-corrected chi connectivity index (χ1v) is 9.73. The van der Waals surface area contributed by atoms with Crippen LogP contribution in [-0.4, -0.2) is 14.6 Å². The topological polar surface area (TPSA) is 71.7 Å². The highest BCUT2D eigenvalue weighted by Gasteiger charge is 2.14. The number of nitrogens with one attached hydrogen (secondary N) is 1. The molecular formula is C19H17ClN2O3S. The van der Waals surface area contributed by atoms with Crippen LogP contribution < -0.4 is 4.72 Å². The Labute approximate surface area is 157 Å². The molecule has 1 N–H and O–H groups in total. The van der Waals surface area contributed by atoms with Crippen LogP contribution in [0.15, 0.2) is 75.0 Å². The van der Waals surface area contributed by atoms with Crippen molar-refractivity contribution in [3.63, 3.8) is 0 Å². The molecule has 1 heterocycles. The molecule has 7 heteroatoms. The monoisotopic (exact) mass is 388 g/mol. The van der Waals surface area contributed by atoms with Gasteiger partial charge in [0.25, 0.3) is 0 Å². The number of benzene rings is 2. The summed E-state index contributed by atoms with van der Waals surface area (Å²) in [5.41, 5.74) is 1.70. The number of aryl methyl sites for hydroxylation is 1. The summed E-state index contributed by atoms with van der Waals surface area (Å²) in [4.78, 5) is 4.49. The van der Waals surface area contributed by atoms with E-state index in [4.69, 9.17) is 16.0 Å². The fraction of sp³-hybridized carbons (Fsp3) is 0.105. The normalized spacial score (nSPS) is 11.9. The zero-order valence-electron chi connectivity index (χ0n) is 14.0. The number of sulfonamides is 1. The molecule has 0 amide bonds. The lowest BCUT2D eigenvalue weighted by atomic mass is 10.2. The van der Waals surface area contributed by atoms with Crippen LogP contribution in [0.4, 0.5) is 5.69 Å². The van der Waals surface area contributed by atoms with Gasteiger partial charge in [0.2, 0.25) is 10.0 Å². The maximum atomic E-state index is 12.3. The van der Waals surface area contributed by atoms with Gasteiger partial charge in [0.15, 0.2) is 0 Å². The lowest BCUT2D eigenvalue weighted by Gasteiger charge is -2.05. The summed E-state index contributed by atoms with van der Waals surface area (Å²) in [6.45, 7) is 1.96. The lowest BCUT2D eigenvalue weighted by molar-refractivity contribution is 0.494. The quantitative estimate of drug-likeness (QED) is 0.633. The number of furan rings is 1. The maximum Gasteiger partial charge on any atom is 0.240 e. The van der Waals surface area contributed by atoms with Gasteiger partial charge < -0.3 is 4.42 Å². The summed E-state index contributed by atoms with van der Waals surface area (Å²) in [5, 5.41) is 0.602. The van der Waals surface area contributed by atoms with Gasteiger partial charge in [-0.2, -0.15) is 0 Å². The van der Waals surface area contributed by atoms with Gasteiger partial charge >= 0.3 is 0 Å². The SMILES string of the molecule is Cc1ccc(S(=O)(=O)NCc2ccc(C=Nc3cccc(Cl)c3)o2)cc1. The van der Waals surface area contributed by atoms with Gasteiger partial charge in [-0.3, -0.25) is 4.99 Å². The Balaban J connectivity index is 1.64. The van der Waals surface area contributed by atoms with Crippen molar-refractivity contribution in [1.29, 1.82) is 0 Å². The first kappa shape index (κ1) is 18.4. The van der Waals surface area contributed by atoms with E-state index in [1.54, 1.807) is 54.7 Å². The third kappa shape index (κ3) is 4.82. The molecule has 0 bridgehead atoms. The molecule has 0 saturated carbocycles. The zero-order chi connectivity index (χ0) is 18.6. The summed E-state index contributed by atoms with van der Waals surface area (Å²) in [7, 11) is -3.58. The molecule has 5 nitrogen and oxygen atoms in total. The first-order valence-electron chi connectivity index (χ1n) is 7.87. The summed E-state index contributed by atoms with van der Waals surface area (Å²) in [6, 6.07) is 17.2. The number of halogens is 1. The molecule has 0 aliphatic heterocycles. The smallest absolute Gasteiger partial charge is 0.240 e. The second kappa shape index (κ2) is 7.86. The molecule has 0 atom stereocenters. The fourth-order valence-electron chi connectivity index (χ4n) is 2.22. The van der Waals surface area contributed by atoms with E-state index in [0.29, 0.717) is 22.2 Å². The molecular weight excluding hydrogens is 372 g/mol. The van der Waals surface area contributed by atoms with Gasteiger partial charge in [0.1, 0.15) is 11.5 Å². The lowest BCUT2D eigenvalue weighted by Crippen LogP contribution is -2.22. The van der Waals surface area contributed by atoms with Gasteiger partial charge in [-0.15, -0.1) is 0 Å². The van der Waals surface area contributed by atoms with Gasteiger partial charge in [-0.25, -0.2) is 13.1 Å². The minimum atomic E-state index is -3.58. The van der Waals surface area contributed by atoms with Gasteiger partial charge in [-0.1, -0.05) is 35.4 Å². The highest BCUT2D eigenvalue weighted by Crippen LogP contribution is 2.18. The van der Waals surface area contributed by atoms with Crippen LogP contribution in [0, 0.1) is 6.92 Å². The Morgan fingerprint density at radius 2 is 1.88 bits per heavy atom. The number of hydrogen-bond donors (Lipinski definition) is 1. The van der Waals surface area contributed by atoms with Crippen molar-refractivity contribution in [3.05, 3.63) is 82.8 Å². The van der Waals surface area contributed by atoms with Crippen molar-refractivity contribution in [2.45, 2.75) is 18.4 Å². The molecule has 3 rings (SSSR count). The third-order valence-electron chi connectivity index (χ3n) is 3.60. The zero-order valence-corrected chi connectivity index (χ0v) is 15.6. The molecule has 0 fully saturated rings. The summed E-state index contributed by atoms with van der Waals surface area (Å²) in [5.74, 6) is 1.02. The van der Waals surface area contributed by atoms with E-state index >= 15 is 0 Å². The van der Waals surface area contributed by atoms with E-state index in [-0.39, 0.29) is 11.4 Å². The average molecular weight is 389 g/mol. The molecule has 0 unspecified atom stereocenters. The highest BCUT2D eigenvalue weighted by molar-refractivity contribution is 7.89. The number of hydrogen-bond acceptors (Lipinski definition) is 4. The van der Waals surface area contributed by atoms with Crippen LogP contribution in [-0.2, 0) is 16.6 Å². The van der Waals surface area contributed by atoms with Crippen LogP contribution in [0.5, 0.6) is 0 Å². The second-order valence-electron chi connectivity index (χ2n) is 5.68. The minimum absolute atomic E-state index is 0.0568. The largest absolute Gasteiger partial charge is 0.459 e. The molecule has 0 radical (unpaired) electrons. The van der Waals surface area contributed by atoms with E-state index in [9.17, 15) is 8.42 Å². The van der Waals surface area contributed by atoms with E-state index < -0.39 is 10.0 Å². The molecule has 26 heavy (non-hydrogen) atoms. The van der Waals surface area contributed by atoms with E-state index in [2.05, 4.69) is 9.71 Å². The van der Waals surface area contributed by atoms with Gasteiger partial charge in [0.05, 0.1) is 23.3 Å². The van der Waals surface area contributed by atoms with Crippen molar-refractivity contribution >= 4 is 33.5 Å². The fourth-order valence-corrected chi connectivity index (χ4v) is 3.40. The van der Waals surface area contributed by atoms with E-state index in [1.165, 1.54) is 0 Å². The Morgan fingerprint density at radius 3 is 2.62 bits per heavy atom. The Morgan fingerprint density at radius 1 is 1.12 bits per heavy atom. The third-order valence-corrected chi connectivity index (χ3v) is 5.25. The number of nitrogens with zero attached hydrogens (tertiary/aromatic N) is 1. The van der Waals surface area contributed by atoms with Crippen molar-refractivity contribution in [1.82, 2.24) is 4.72 Å². The predicted molar refractivity (Wildman–Crippen MR) is 103 cm³/mol. The van der Waals surface area contributed by atoms with Crippen LogP contribution in [0.3, 0.4) is 0 Å². The van der Waals surface area contributed by atoms with Crippen molar-refractivity contribution in [2.75, 3.05) is 0 Å². The molecule has 134 valence electrons. The Bertz CT molecular complexity index is 1020. The molecule has 2 aromatic carbocycles. The van der Waals surface area contributed by atoms with E-state index in [0.717, 1.165) is 5.56 Å². The Kier molecular flexibility index (Phi) is 5.56. The standard InChI is InChI=1S/C19H17ClN2O3S/c1-14-5-9-19(10-6-14)26(23,24)22-13-18-8-7-17(25-18)12-21-16-4-2-3-15(20)11-16/h2-12,22H,13H2,1H3. The predicted octanol–water partition coefficient (Wildman–Crippen LogP) is 4.47. The van der Waals surface area contributed by atoms with E-state index in [1.807, 2.05) is 19.1 Å². The van der Waals surface area contributed by atoms with Crippen LogP contribution >= 0.6 is 11.6 Å². The summed E-state index contributed by atoms with van der Waals surface area (Å²) >= 11 is 5.91. The van der Waals surface area contributed by atoms with Gasteiger partial charge in [-0.05, 0) is 49.4 Å². The minimum Gasteiger partial charge on any atom is -0.459 e. The summed E-state index contributed by atoms with van der Waals surface area (Å²) < 4.78 is 32.6. The van der Waals surface area contributed by atoms with Gasteiger partial charge in [0, 0.05) is 5.02 Å². The number of rotatable bonds is 6. The molecule has 0 saturated heterocycles. The molecule has 0 spiro atoms. The second-order valence-corrected chi connectivity index (χ2v) is 7.88. The van der Waals surface area contributed by atoms with Crippen LogP contribution in [0.25, 0.3) is 0 Å². The van der Waals surface area contributed by atoms with Crippen molar-refractivity contribution in [2.24, 2.45) is 4.99 Å². The van der Waals surface area contributed by atoms with Crippen molar-refractivity contribution in [3.8, 4) is 0 Å². The van der Waals surface area contributed by atoms with Crippen LogP contribution in [0.1, 0.15) is 17.1 Å². The van der Waals surface area contributed by atoms with Crippen LogP contribution in [0.2, 0.25) is 5.02 Å². The number of aliphatic imine (C=N–C) groups is 1. The molecule has 0 aliphatic rings. The molecule has 3 aromatic rings. The maximum absolute atomic E-state index is 12.3. The molecule has 1 aromatic heterocycles. The average Bonchev–Trinajstić information content (AvgIpc) is 3.07. The molecule has 0 aliphatic carbocycles. The highest BCUT2D eigenvalue weighted by atomic mass is 35.5. The van der Waals surface area contributed by atoms with Crippen molar-refractivity contribution < 1.29 is 12.8 Å².